The first-order valence-corrected chi connectivity index (χ1v) is 7.58. The zero-order valence-corrected chi connectivity index (χ0v) is 12.9. The van der Waals surface area contributed by atoms with E-state index in [0.717, 1.165) is 19.0 Å². The number of halogens is 1. The molecule has 2 heterocycles. The first-order chi connectivity index (χ1) is 9.58. The van der Waals surface area contributed by atoms with Gasteiger partial charge in [-0.1, -0.05) is 18.5 Å². The van der Waals surface area contributed by atoms with Crippen LogP contribution in [-0.4, -0.2) is 41.5 Å². The lowest BCUT2D eigenvalue weighted by Crippen LogP contribution is -2.45. The fraction of sp³-hybridized carbons (Fsp3) is 0.600. The summed E-state index contributed by atoms with van der Waals surface area (Å²) in [6, 6.07) is 3.76. The smallest absolute Gasteiger partial charge is 0.254 e. The van der Waals surface area contributed by atoms with E-state index in [-0.39, 0.29) is 11.1 Å². The van der Waals surface area contributed by atoms with Crippen molar-refractivity contribution in [1.29, 1.82) is 0 Å². The van der Waals surface area contributed by atoms with Gasteiger partial charge in [0.15, 0.2) is 0 Å². The Bertz CT molecular complexity index is 458. The second kappa shape index (κ2) is 7.04. The van der Waals surface area contributed by atoms with Crippen LogP contribution in [0.3, 0.4) is 0 Å². The second-order valence-electron chi connectivity index (χ2n) is 5.62. The van der Waals surface area contributed by atoms with Crippen LogP contribution in [0.5, 0.6) is 0 Å². The molecule has 1 aliphatic heterocycles. The Morgan fingerprint density at radius 2 is 2.25 bits per heavy atom. The molecule has 1 fully saturated rings. The Kier molecular flexibility index (Phi) is 5.38. The second-order valence-corrected chi connectivity index (χ2v) is 5.98. The molecule has 5 heteroatoms. The fourth-order valence-corrected chi connectivity index (χ4v) is 2.69. The molecule has 0 spiro atoms. The van der Waals surface area contributed by atoms with Crippen LogP contribution in [0.25, 0.3) is 0 Å². The first-order valence-electron chi connectivity index (χ1n) is 7.20. The van der Waals surface area contributed by atoms with E-state index in [1.165, 1.54) is 12.8 Å². The maximum atomic E-state index is 12.1. The molecule has 1 atom stereocenters. The maximum absolute atomic E-state index is 12.1. The van der Waals surface area contributed by atoms with E-state index in [1.54, 1.807) is 18.3 Å². The van der Waals surface area contributed by atoms with E-state index in [4.69, 9.17) is 11.6 Å². The highest BCUT2D eigenvalue weighted by Gasteiger charge is 2.21. The van der Waals surface area contributed by atoms with Crippen LogP contribution < -0.4 is 5.32 Å². The molecule has 0 unspecified atom stereocenters. The number of rotatable bonds is 4. The van der Waals surface area contributed by atoms with Crippen LogP contribution in [-0.2, 0) is 0 Å². The number of hydrogen-bond acceptors (Lipinski definition) is 3. The number of hydrogen-bond donors (Lipinski definition) is 1. The third-order valence-corrected chi connectivity index (χ3v) is 4.30. The lowest BCUT2D eigenvalue weighted by Gasteiger charge is -2.35. The van der Waals surface area contributed by atoms with Crippen molar-refractivity contribution in [2.24, 2.45) is 5.92 Å². The summed E-state index contributed by atoms with van der Waals surface area (Å²) in [5, 5.41) is 3.20. The van der Waals surface area contributed by atoms with Gasteiger partial charge in [0.05, 0.1) is 5.56 Å². The largest absolute Gasteiger partial charge is 0.350 e. The molecule has 4 nitrogen and oxygen atoms in total. The zero-order valence-electron chi connectivity index (χ0n) is 12.1. The van der Waals surface area contributed by atoms with Gasteiger partial charge in [0.25, 0.3) is 5.91 Å². The predicted octanol–water partition coefficient (Wildman–Crippen LogP) is 2.59. The van der Waals surface area contributed by atoms with E-state index in [0.29, 0.717) is 18.2 Å². The Morgan fingerprint density at radius 1 is 1.55 bits per heavy atom. The Balaban J connectivity index is 1.83. The molecular weight excluding hydrogens is 274 g/mol. The summed E-state index contributed by atoms with van der Waals surface area (Å²) in [5.41, 5.74) is 0.439. The van der Waals surface area contributed by atoms with Crippen LogP contribution >= 0.6 is 11.6 Å². The molecule has 1 N–H and O–H groups in total. The van der Waals surface area contributed by atoms with Crippen LogP contribution in [0, 0.1) is 5.92 Å². The summed E-state index contributed by atoms with van der Waals surface area (Å²) in [5.74, 6) is 0.669. The van der Waals surface area contributed by atoms with Gasteiger partial charge in [-0.05, 0) is 50.9 Å². The lowest BCUT2D eigenvalue weighted by atomic mass is 9.98. The minimum atomic E-state index is -0.152. The molecule has 1 saturated heterocycles. The maximum Gasteiger partial charge on any atom is 0.254 e. The average molecular weight is 296 g/mol. The molecule has 1 aromatic heterocycles. The summed E-state index contributed by atoms with van der Waals surface area (Å²) in [6.07, 6.45) is 4.07. The van der Waals surface area contributed by atoms with Gasteiger partial charge in [-0.15, -0.1) is 0 Å². The van der Waals surface area contributed by atoms with Gasteiger partial charge in [0, 0.05) is 18.8 Å². The van der Waals surface area contributed by atoms with Crippen molar-refractivity contribution in [3.05, 3.63) is 29.0 Å². The molecule has 0 bridgehead atoms. The van der Waals surface area contributed by atoms with Crippen LogP contribution in [0.15, 0.2) is 18.3 Å². The third kappa shape index (κ3) is 3.93. The van der Waals surface area contributed by atoms with Crippen LogP contribution in [0.4, 0.5) is 0 Å². The van der Waals surface area contributed by atoms with Crippen LogP contribution in [0.1, 0.15) is 37.0 Å². The number of carbonyl (C=O) groups is 1. The predicted molar refractivity (Wildman–Crippen MR) is 81.0 cm³/mol. The van der Waals surface area contributed by atoms with Crippen molar-refractivity contribution >= 4 is 17.5 Å². The van der Waals surface area contributed by atoms with Gasteiger partial charge >= 0.3 is 0 Å². The number of nitrogens with zero attached hydrogens (tertiary/aromatic N) is 2. The standard InChI is InChI=1S/C15H22ClN3O/c1-11-5-8-19(9-6-11)12(2)10-18-15(20)13-4-3-7-17-14(13)16/h3-4,7,11-12H,5-6,8-10H2,1-2H3,(H,18,20)/t12-/m0/s1. The molecule has 110 valence electrons. The molecule has 0 radical (unpaired) electrons. The van der Waals surface area contributed by atoms with E-state index in [9.17, 15) is 4.79 Å². The van der Waals surface area contributed by atoms with Gasteiger partial charge in [0.2, 0.25) is 0 Å². The SMILES string of the molecule is CC1CCN([C@@H](C)CNC(=O)c2cccnc2Cl)CC1. The van der Waals surface area contributed by atoms with Crippen molar-refractivity contribution < 1.29 is 4.79 Å². The average Bonchev–Trinajstić information content (AvgIpc) is 2.45. The number of likely N-dealkylation sites (tertiary alicyclic amines) is 1. The molecule has 0 aliphatic carbocycles. The van der Waals surface area contributed by atoms with Gasteiger partial charge in [-0.25, -0.2) is 4.98 Å². The van der Waals surface area contributed by atoms with Gasteiger partial charge in [-0.2, -0.15) is 0 Å². The molecule has 0 aromatic carbocycles. The third-order valence-electron chi connectivity index (χ3n) is 4.00. The number of aromatic nitrogens is 1. The summed E-state index contributed by atoms with van der Waals surface area (Å²) in [7, 11) is 0. The topological polar surface area (TPSA) is 45.2 Å². The first kappa shape index (κ1) is 15.3. The highest BCUT2D eigenvalue weighted by molar-refractivity contribution is 6.32. The number of pyridine rings is 1. The summed E-state index contributed by atoms with van der Waals surface area (Å²) >= 11 is 5.92. The number of nitrogens with one attached hydrogen (secondary N) is 1. The number of piperidine rings is 1. The van der Waals surface area contributed by atoms with E-state index < -0.39 is 0 Å². The highest BCUT2D eigenvalue weighted by atomic mass is 35.5. The minimum Gasteiger partial charge on any atom is -0.350 e. The van der Waals surface area contributed by atoms with Crippen molar-refractivity contribution in [1.82, 2.24) is 15.2 Å². The van der Waals surface area contributed by atoms with Crippen molar-refractivity contribution in [3.8, 4) is 0 Å². The number of amides is 1. The Labute approximate surface area is 125 Å². The Morgan fingerprint density at radius 3 is 2.90 bits per heavy atom. The fourth-order valence-electron chi connectivity index (χ4n) is 2.49. The minimum absolute atomic E-state index is 0.152. The van der Waals surface area contributed by atoms with Crippen molar-refractivity contribution in [3.63, 3.8) is 0 Å². The molecule has 20 heavy (non-hydrogen) atoms. The van der Waals surface area contributed by atoms with E-state index in [1.807, 2.05) is 0 Å². The normalized spacial score (nSPS) is 18.8. The van der Waals surface area contributed by atoms with E-state index in [2.05, 4.69) is 29.0 Å². The van der Waals surface area contributed by atoms with Crippen molar-refractivity contribution in [2.75, 3.05) is 19.6 Å². The summed E-state index contributed by atoms with van der Waals surface area (Å²) in [4.78, 5) is 18.4. The quantitative estimate of drug-likeness (QED) is 0.869. The molecule has 1 aromatic rings. The van der Waals surface area contributed by atoms with Crippen molar-refractivity contribution in [2.45, 2.75) is 32.7 Å². The lowest BCUT2D eigenvalue weighted by molar-refractivity contribution is 0.0921. The van der Waals surface area contributed by atoms with Gasteiger partial charge in [0.1, 0.15) is 5.15 Å². The van der Waals surface area contributed by atoms with Gasteiger partial charge < -0.3 is 5.32 Å². The number of carbonyl (C=O) groups excluding carboxylic acids is 1. The molecule has 0 saturated carbocycles. The molecule has 2 rings (SSSR count). The molecule has 1 amide bonds. The van der Waals surface area contributed by atoms with Gasteiger partial charge in [-0.3, -0.25) is 9.69 Å². The van der Waals surface area contributed by atoms with Crippen LogP contribution in [0.2, 0.25) is 5.15 Å². The molecule has 1 aliphatic rings. The van der Waals surface area contributed by atoms with E-state index >= 15 is 0 Å². The monoisotopic (exact) mass is 295 g/mol. The summed E-state index contributed by atoms with van der Waals surface area (Å²) < 4.78 is 0. The zero-order chi connectivity index (χ0) is 14.5. The summed E-state index contributed by atoms with van der Waals surface area (Å²) in [6.45, 7) is 7.32. The Hall–Kier alpha value is -1.13. The highest BCUT2D eigenvalue weighted by Crippen LogP contribution is 2.18. The molecular formula is C15H22ClN3O.